The molecular formula is C17H26N2. The maximum atomic E-state index is 2.58. The zero-order chi connectivity index (χ0) is 13.5. The van der Waals surface area contributed by atoms with E-state index in [9.17, 15) is 0 Å². The van der Waals surface area contributed by atoms with Crippen molar-refractivity contribution < 1.29 is 0 Å². The zero-order valence-corrected chi connectivity index (χ0v) is 12.3. The second-order valence-corrected chi connectivity index (χ2v) is 5.69. The highest BCUT2D eigenvalue weighted by Crippen LogP contribution is 2.14. The minimum absolute atomic E-state index is 0.715. The number of nitrogens with zero attached hydrogens (tertiary/aromatic N) is 2. The first-order valence-corrected chi connectivity index (χ1v) is 7.36. The van der Waals surface area contributed by atoms with Crippen LogP contribution in [-0.4, -0.2) is 49.6 Å². The number of likely N-dealkylation sites (tertiary alicyclic amines) is 1. The largest absolute Gasteiger partial charge is 0.305 e. The molecule has 0 N–H and O–H groups in total. The highest BCUT2D eigenvalue weighted by molar-refractivity contribution is 5.48. The summed E-state index contributed by atoms with van der Waals surface area (Å²) in [5.41, 5.74) is 1.29. The first-order valence-electron chi connectivity index (χ1n) is 7.36. The van der Waals surface area contributed by atoms with Crippen molar-refractivity contribution in [1.29, 1.82) is 0 Å². The molecule has 0 saturated carbocycles. The molecule has 1 aromatic carbocycles. The Morgan fingerprint density at radius 1 is 1.21 bits per heavy atom. The van der Waals surface area contributed by atoms with Crippen LogP contribution in [0, 0.1) is 0 Å². The molecule has 1 heterocycles. The summed E-state index contributed by atoms with van der Waals surface area (Å²) in [4.78, 5) is 4.95. The van der Waals surface area contributed by atoms with Gasteiger partial charge in [0.1, 0.15) is 0 Å². The highest BCUT2D eigenvalue weighted by Gasteiger charge is 2.18. The monoisotopic (exact) mass is 258 g/mol. The van der Waals surface area contributed by atoms with E-state index in [0.717, 1.165) is 6.54 Å². The fourth-order valence-electron chi connectivity index (χ4n) is 2.69. The van der Waals surface area contributed by atoms with Crippen molar-refractivity contribution in [3.8, 4) is 0 Å². The normalized spacial score (nSPS) is 21.9. The Morgan fingerprint density at radius 3 is 2.74 bits per heavy atom. The van der Waals surface area contributed by atoms with Gasteiger partial charge in [0.05, 0.1) is 0 Å². The summed E-state index contributed by atoms with van der Waals surface area (Å²) in [7, 11) is 4.40. The molecule has 2 nitrogen and oxygen atoms in total. The van der Waals surface area contributed by atoms with E-state index in [0.29, 0.717) is 6.04 Å². The number of hydrogen-bond acceptors (Lipinski definition) is 2. The molecule has 0 radical (unpaired) electrons. The average Bonchev–Trinajstić information content (AvgIpc) is 2.66. The van der Waals surface area contributed by atoms with Gasteiger partial charge in [-0.25, -0.2) is 0 Å². The lowest BCUT2D eigenvalue weighted by molar-refractivity contribution is 0.208. The summed E-state index contributed by atoms with van der Waals surface area (Å²) < 4.78 is 0. The van der Waals surface area contributed by atoms with Crippen LogP contribution < -0.4 is 0 Å². The minimum Gasteiger partial charge on any atom is -0.305 e. The van der Waals surface area contributed by atoms with Crippen LogP contribution in [0.2, 0.25) is 0 Å². The summed E-state index contributed by atoms with van der Waals surface area (Å²) in [6, 6.07) is 11.3. The smallest absolute Gasteiger partial charge is 0.0217 e. The van der Waals surface area contributed by atoms with E-state index >= 15 is 0 Å². The number of hydrogen-bond donors (Lipinski definition) is 0. The molecule has 0 aromatic heterocycles. The molecule has 0 bridgehead atoms. The Kier molecular flexibility index (Phi) is 5.62. The van der Waals surface area contributed by atoms with Crippen LogP contribution in [-0.2, 0) is 0 Å². The molecule has 0 aliphatic carbocycles. The van der Waals surface area contributed by atoms with Crippen LogP contribution in [0.1, 0.15) is 24.8 Å². The zero-order valence-electron chi connectivity index (χ0n) is 12.3. The molecule has 1 aliphatic heterocycles. The number of benzene rings is 1. The van der Waals surface area contributed by atoms with Crippen molar-refractivity contribution >= 4 is 6.08 Å². The van der Waals surface area contributed by atoms with Gasteiger partial charge in [-0.3, -0.25) is 4.90 Å². The number of likely N-dealkylation sites (N-methyl/N-ethyl adjacent to an activating group) is 1. The van der Waals surface area contributed by atoms with E-state index in [1.807, 2.05) is 0 Å². The van der Waals surface area contributed by atoms with Crippen LogP contribution in [0.4, 0.5) is 0 Å². The Balaban J connectivity index is 1.86. The van der Waals surface area contributed by atoms with Crippen LogP contribution >= 0.6 is 0 Å². The van der Waals surface area contributed by atoms with E-state index < -0.39 is 0 Å². The first kappa shape index (κ1) is 14.3. The number of rotatable bonds is 4. The van der Waals surface area contributed by atoms with E-state index in [2.05, 4.69) is 66.4 Å². The van der Waals surface area contributed by atoms with Gasteiger partial charge < -0.3 is 4.90 Å². The van der Waals surface area contributed by atoms with E-state index in [1.165, 1.54) is 37.9 Å². The standard InChI is InChI=1S/C17H26N2/c1-18(2)17-12-6-7-13-19(15-17)14-8-11-16-9-4-3-5-10-16/h3-5,8-11,17H,6-7,12-15H2,1-2H3/t17-/m0/s1. The van der Waals surface area contributed by atoms with Gasteiger partial charge in [0.15, 0.2) is 0 Å². The molecule has 1 fully saturated rings. The van der Waals surface area contributed by atoms with Crippen molar-refractivity contribution in [2.45, 2.75) is 25.3 Å². The molecule has 1 saturated heterocycles. The topological polar surface area (TPSA) is 6.48 Å². The van der Waals surface area contributed by atoms with E-state index in [4.69, 9.17) is 0 Å². The van der Waals surface area contributed by atoms with Gasteiger partial charge in [-0.05, 0) is 39.0 Å². The third kappa shape index (κ3) is 4.81. The van der Waals surface area contributed by atoms with Crippen molar-refractivity contribution in [2.24, 2.45) is 0 Å². The highest BCUT2D eigenvalue weighted by atomic mass is 15.2. The Hall–Kier alpha value is -1.12. The Labute approximate surface area is 117 Å². The van der Waals surface area contributed by atoms with Crippen LogP contribution in [0.15, 0.2) is 36.4 Å². The molecule has 0 spiro atoms. The molecule has 2 heteroatoms. The maximum Gasteiger partial charge on any atom is 0.0217 e. The Morgan fingerprint density at radius 2 is 2.00 bits per heavy atom. The van der Waals surface area contributed by atoms with Gasteiger partial charge in [-0.15, -0.1) is 0 Å². The second kappa shape index (κ2) is 7.46. The molecule has 0 unspecified atom stereocenters. The predicted octanol–water partition coefficient (Wildman–Crippen LogP) is 3.12. The van der Waals surface area contributed by atoms with E-state index in [-0.39, 0.29) is 0 Å². The third-order valence-corrected chi connectivity index (χ3v) is 3.93. The van der Waals surface area contributed by atoms with Gasteiger partial charge in [0.2, 0.25) is 0 Å². The molecule has 2 rings (SSSR count). The van der Waals surface area contributed by atoms with Crippen molar-refractivity contribution in [1.82, 2.24) is 9.80 Å². The van der Waals surface area contributed by atoms with Crippen molar-refractivity contribution in [3.05, 3.63) is 42.0 Å². The lowest BCUT2D eigenvalue weighted by Gasteiger charge is -2.27. The van der Waals surface area contributed by atoms with Crippen molar-refractivity contribution in [2.75, 3.05) is 33.7 Å². The lowest BCUT2D eigenvalue weighted by Crippen LogP contribution is -2.39. The molecule has 1 aliphatic rings. The van der Waals surface area contributed by atoms with Gasteiger partial charge in [-0.1, -0.05) is 48.9 Å². The molecular weight excluding hydrogens is 232 g/mol. The van der Waals surface area contributed by atoms with Gasteiger partial charge in [0, 0.05) is 19.1 Å². The van der Waals surface area contributed by atoms with Crippen molar-refractivity contribution in [3.63, 3.8) is 0 Å². The summed E-state index contributed by atoms with van der Waals surface area (Å²) in [5.74, 6) is 0. The fraction of sp³-hybridized carbons (Fsp3) is 0.529. The van der Waals surface area contributed by atoms with Crippen LogP contribution in [0.5, 0.6) is 0 Å². The summed E-state index contributed by atoms with van der Waals surface area (Å²) >= 11 is 0. The van der Waals surface area contributed by atoms with Gasteiger partial charge in [0.25, 0.3) is 0 Å². The van der Waals surface area contributed by atoms with Gasteiger partial charge >= 0.3 is 0 Å². The quantitative estimate of drug-likeness (QED) is 0.819. The maximum absolute atomic E-state index is 2.58. The molecule has 0 amide bonds. The predicted molar refractivity (Wildman–Crippen MR) is 83.2 cm³/mol. The van der Waals surface area contributed by atoms with Crippen LogP contribution in [0.25, 0.3) is 6.08 Å². The van der Waals surface area contributed by atoms with Gasteiger partial charge in [-0.2, -0.15) is 0 Å². The van der Waals surface area contributed by atoms with E-state index in [1.54, 1.807) is 0 Å². The summed E-state index contributed by atoms with van der Waals surface area (Å²) in [5, 5.41) is 0. The molecule has 19 heavy (non-hydrogen) atoms. The summed E-state index contributed by atoms with van der Waals surface area (Å²) in [6.07, 6.45) is 8.57. The Bertz CT molecular complexity index is 384. The lowest BCUT2D eigenvalue weighted by atomic mass is 10.1. The SMILES string of the molecule is CN(C)[C@H]1CCCCN(CC=Cc2ccccc2)C1. The third-order valence-electron chi connectivity index (χ3n) is 3.93. The second-order valence-electron chi connectivity index (χ2n) is 5.69. The minimum atomic E-state index is 0.715. The molecule has 104 valence electrons. The molecule has 1 atom stereocenters. The first-order chi connectivity index (χ1) is 9.25. The summed E-state index contributed by atoms with van der Waals surface area (Å²) in [6.45, 7) is 3.51. The van der Waals surface area contributed by atoms with Crippen LogP contribution in [0.3, 0.4) is 0 Å². The average molecular weight is 258 g/mol. The fourth-order valence-corrected chi connectivity index (χ4v) is 2.69. The molecule has 1 aromatic rings.